The molecule has 1 saturated heterocycles. The first-order chi connectivity index (χ1) is 22.0. The highest BCUT2D eigenvalue weighted by Crippen LogP contribution is 2.58. The van der Waals surface area contributed by atoms with Crippen molar-refractivity contribution in [2.75, 3.05) is 24.6 Å². The number of amides is 2. The minimum Gasteiger partial charge on any atom is -0.545 e. The first-order valence-electron chi connectivity index (χ1n) is 15.7. The fraction of sp³-hybridized carbons (Fsp3) is 0.515. The number of imide groups is 1. The van der Waals surface area contributed by atoms with Gasteiger partial charge in [-0.05, 0) is 47.0 Å². The van der Waals surface area contributed by atoms with Crippen molar-refractivity contribution in [1.82, 2.24) is 4.90 Å². The van der Waals surface area contributed by atoms with E-state index in [9.17, 15) is 18.0 Å². The highest BCUT2D eigenvalue weighted by Gasteiger charge is 2.62. The molecule has 0 saturated carbocycles. The Kier molecular flexibility index (Phi) is 9.25. The van der Waals surface area contributed by atoms with Crippen molar-refractivity contribution in [2.45, 2.75) is 81.7 Å². The molecule has 0 aromatic heterocycles. The van der Waals surface area contributed by atoms with Gasteiger partial charge in [0.25, 0.3) is 18.3 Å². The zero-order chi connectivity index (χ0) is 34.6. The van der Waals surface area contributed by atoms with Gasteiger partial charge < -0.3 is 13.9 Å². The van der Waals surface area contributed by atoms with Gasteiger partial charge >= 0.3 is 12.3 Å². The second-order valence-electron chi connectivity index (χ2n) is 13.2. The number of nitrogens with zero attached hydrogens (tertiary/aromatic N) is 2. The molecule has 47 heavy (non-hydrogen) atoms. The molecule has 5 rings (SSSR count). The summed E-state index contributed by atoms with van der Waals surface area (Å²) in [7, 11) is -6.06. The van der Waals surface area contributed by atoms with Crippen molar-refractivity contribution in [2.24, 2.45) is 11.8 Å². The molecule has 0 N–H and O–H groups in total. The molecule has 256 valence electrons. The van der Waals surface area contributed by atoms with Crippen LogP contribution in [0.1, 0.15) is 53.5 Å². The van der Waals surface area contributed by atoms with E-state index in [-0.39, 0.29) is 51.7 Å². The number of hydrogen-bond acceptors (Lipinski definition) is 7. The standard InChI is InChI=1S/C33H41F3N2O7SSi/c1-19(2)47(20(3)4,21(5)6)45-27-18-25(33(34,35)36)29(31(39)37-16-17-44-32(37)40)30-28(27)24-10-8-9-11-26(24)38(30)46(41,42)23-14-12-22(43-7)13-15-23/h8-15,19-21,25,29-30H,16-18H2,1-7H3/t25-,29+,30+/m0/s1. The average Bonchev–Trinajstić information content (AvgIpc) is 3.59. The minimum absolute atomic E-state index is 0.00658. The summed E-state index contributed by atoms with van der Waals surface area (Å²) in [6, 6.07) is 10.3. The zero-order valence-corrected chi connectivity index (χ0v) is 29.3. The Balaban J connectivity index is 1.84. The molecule has 1 aliphatic carbocycles. The monoisotopic (exact) mass is 694 g/mol. The van der Waals surface area contributed by atoms with E-state index in [1.165, 1.54) is 37.4 Å². The molecule has 9 nitrogen and oxygen atoms in total. The van der Waals surface area contributed by atoms with Gasteiger partial charge in [0, 0.05) is 17.6 Å². The highest BCUT2D eigenvalue weighted by molar-refractivity contribution is 7.93. The first kappa shape index (κ1) is 34.8. The molecule has 0 spiro atoms. The number of allylic oxidation sites excluding steroid dienone is 1. The number of hydrogen-bond donors (Lipinski definition) is 0. The smallest absolute Gasteiger partial charge is 0.416 e. The quantitative estimate of drug-likeness (QED) is 0.253. The summed E-state index contributed by atoms with van der Waals surface area (Å²) in [5, 5.41) is 0. The number of para-hydroxylation sites is 1. The lowest BCUT2D eigenvalue weighted by Gasteiger charge is -2.47. The molecule has 2 aromatic rings. The summed E-state index contributed by atoms with van der Waals surface area (Å²) in [6.07, 6.45) is -6.69. The van der Waals surface area contributed by atoms with Crippen LogP contribution in [0.15, 0.2) is 59.2 Å². The number of carbonyl (C=O) groups excluding carboxylic acids is 2. The fourth-order valence-electron chi connectivity index (χ4n) is 7.82. The zero-order valence-electron chi connectivity index (χ0n) is 27.5. The number of ether oxygens (including phenoxy) is 2. The van der Waals surface area contributed by atoms with Gasteiger partial charge in [0.1, 0.15) is 12.4 Å². The maximum absolute atomic E-state index is 15.3. The number of anilines is 1. The third kappa shape index (κ3) is 5.70. The lowest BCUT2D eigenvalue weighted by Crippen LogP contribution is -2.57. The molecule has 2 aromatic carbocycles. The third-order valence-electron chi connectivity index (χ3n) is 9.82. The average molecular weight is 695 g/mol. The van der Waals surface area contributed by atoms with Crippen LogP contribution in [0.5, 0.6) is 5.75 Å². The molecule has 0 bridgehead atoms. The predicted molar refractivity (Wildman–Crippen MR) is 173 cm³/mol. The molecule has 2 amide bonds. The van der Waals surface area contributed by atoms with E-state index in [1.54, 1.807) is 18.2 Å². The number of sulfonamides is 1. The van der Waals surface area contributed by atoms with Crippen molar-refractivity contribution in [3.05, 3.63) is 59.9 Å². The van der Waals surface area contributed by atoms with Crippen molar-refractivity contribution >= 4 is 41.6 Å². The molecular formula is C33H41F3N2O7SSi. The Hall–Kier alpha value is -3.52. The van der Waals surface area contributed by atoms with Crippen LogP contribution >= 0.6 is 0 Å². The number of cyclic esters (lactones) is 1. The van der Waals surface area contributed by atoms with Gasteiger partial charge in [-0.25, -0.2) is 18.1 Å². The second-order valence-corrected chi connectivity index (χ2v) is 20.4. The van der Waals surface area contributed by atoms with Crippen molar-refractivity contribution in [1.29, 1.82) is 0 Å². The normalized spacial score (nSPS) is 21.8. The van der Waals surface area contributed by atoms with Crippen LogP contribution in [-0.2, 0) is 24.0 Å². The van der Waals surface area contributed by atoms with E-state index in [0.717, 1.165) is 4.31 Å². The van der Waals surface area contributed by atoms with E-state index in [4.69, 9.17) is 13.9 Å². The number of methoxy groups -OCH3 is 1. The Morgan fingerprint density at radius 3 is 2.09 bits per heavy atom. The molecule has 0 unspecified atom stereocenters. The van der Waals surface area contributed by atoms with Gasteiger partial charge in [0.2, 0.25) is 5.91 Å². The van der Waals surface area contributed by atoms with Crippen molar-refractivity contribution in [3.63, 3.8) is 0 Å². The number of fused-ring (bicyclic) bond motifs is 3. The summed E-state index contributed by atoms with van der Waals surface area (Å²) in [5.74, 6) is -5.06. The van der Waals surface area contributed by atoms with E-state index in [2.05, 4.69) is 0 Å². The lowest BCUT2D eigenvalue weighted by molar-refractivity contribution is -0.196. The minimum atomic E-state index is -4.95. The summed E-state index contributed by atoms with van der Waals surface area (Å²) in [4.78, 5) is 27.2. The third-order valence-corrected chi connectivity index (χ3v) is 17.6. The van der Waals surface area contributed by atoms with Crippen molar-refractivity contribution < 1.29 is 45.1 Å². The van der Waals surface area contributed by atoms with Gasteiger partial charge in [-0.2, -0.15) is 13.2 Å². The summed E-state index contributed by atoms with van der Waals surface area (Å²) < 4.78 is 93.2. The second kappa shape index (κ2) is 12.5. The Morgan fingerprint density at radius 1 is 0.979 bits per heavy atom. The first-order valence-corrected chi connectivity index (χ1v) is 19.3. The van der Waals surface area contributed by atoms with Crippen LogP contribution in [0.25, 0.3) is 5.57 Å². The molecular weight excluding hydrogens is 654 g/mol. The number of benzene rings is 2. The Labute approximate surface area is 274 Å². The highest BCUT2D eigenvalue weighted by atomic mass is 32.2. The van der Waals surface area contributed by atoms with E-state index in [1.807, 2.05) is 41.5 Å². The van der Waals surface area contributed by atoms with Crippen LogP contribution in [0, 0.1) is 11.8 Å². The van der Waals surface area contributed by atoms with Gasteiger partial charge in [-0.15, -0.1) is 0 Å². The van der Waals surface area contributed by atoms with E-state index >= 15 is 13.2 Å². The van der Waals surface area contributed by atoms with E-state index in [0.29, 0.717) is 16.2 Å². The van der Waals surface area contributed by atoms with Gasteiger partial charge in [0.15, 0.2) is 0 Å². The van der Waals surface area contributed by atoms with Crippen molar-refractivity contribution in [3.8, 4) is 5.75 Å². The van der Waals surface area contributed by atoms with Gasteiger partial charge in [-0.1, -0.05) is 59.7 Å². The fourth-order valence-corrected chi connectivity index (χ4v) is 14.8. The molecule has 14 heteroatoms. The lowest BCUT2D eigenvalue weighted by atomic mass is 9.73. The maximum atomic E-state index is 15.3. The molecule has 3 atom stereocenters. The molecule has 3 aliphatic rings. The summed E-state index contributed by atoms with van der Waals surface area (Å²) in [5.41, 5.74) is 0.697. The number of alkyl halides is 3. The molecule has 2 aliphatic heterocycles. The van der Waals surface area contributed by atoms with Crippen LogP contribution in [0.4, 0.5) is 23.7 Å². The van der Waals surface area contributed by atoms with Crippen LogP contribution in [0.3, 0.4) is 0 Å². The maximum Gasteiger partial charge on any atom is 0.416 e. The van der Waals surface area contributed by atoms with Crippen LogP contribution in [0.2, 0.25) is 16.6 Å². The summed E-state index contributed by atoms with van der Waals surface area (Å²) in [6.45, 7) is 11.6. The Bertz CT molecular complexity index is 1650. The number of halogens is 3. The summed E-state index contributed by atoms with van der Waals surface area (Å²) >= 11 is 0. The molecule has 2 heterocycles. The predicted octanol–water partition coefficient (Wildman–Crippen LogP) is 7.35. The molecule has 0 radical (unpaired) electrons. The van der Waals surface area contributed by atoms with Crippen LogP contribution in [-0.4, -0.2) is 66.1 Å². The van der Waals surface area contributed by atoms with E-state index < -0.39 is 60.8 Å². The largest absolute Gasteiger partial charge is 0.545 e. The Morgan fingerprint density at radius 2 is 1.57 bits per heavy atom. The van der Waals surface area contributed by atoms with Gasteiger partial charge in [-0.3, -0.25) is 9.10 Å². The molecule has 1 fully saturated rings. The van der Waals surface area contributed by atoms with Crippen LogP contribution < -0.4 is 9.04 Å². The number of rotatable bonds is 9. The number of carbonyl (C=O) groups is 2. The SMILES string of the molecule is COc1ccc(S(=O)(=O)N2c3ccccc3C3=C(O[Si](C(C)C)(C(C)C)C(C)C)C[C@H](C(F)(F)F)[C@@H](C(=O)N4CCOC4=O)[C@@H]32)cc1. The topological polar surface area (TPSA) is 102 Å². The van der Waals surface area contributed by atoms with Gasteiger partial charge in [0.05, 0.1) is 47.9 Å².